The lowest BCUT2D eigenvalue weighted by Gasteiger charge is -2.13. The van der Waals surface area contributed by atoms with Gasteiger partial charge < -0.3 is 20.1 Å². The highest BCUT2D eigenvalue weighted by molar-refractivity contribution is 8.00. The molecule has 3 rings (SSSR count). The second-order valence-electron chi connectivity index (χ2n) is 7.72. The molecule has 2 amide bonds. The molecular formula is C27H30N2O4S. The first-order valence-corrected chi connectivity index (χ1v) is 12.1. The van der Waals surface area contributed by atoms with Crippen molar-refractivity contribution in [2.24, 2.45) is 0 Å². The highest BCUT2D eigenvalue weighted by Gasteiger charge is 2.14. The number of nitrogens with one attached hydrogen (secondary N) is 2. The normalized spacial score (nSPS) is 10.4. The molecule has 0 spiro atoms. The van der Waals surface area contributed by atoms with E-state index in [-0.39, 0.29) is 17.6 Å². The molecule has 0 saturated carbocycles. The van der Waals surface area contributed by atoms with Crippen molar-refractivity contribution in [3.63, 3.8) is 0 Å². The van der Waals surface area contributed by atoms with Gasteiger partial charge in [0, 0.05) is 17.1 Å². The Morgan fingerprint density at radius 2 is 1.74 bits per heavy atom. The minimum atomic E-state index is -0.202. The van der Waals surface area contributed by atoms with Gasteiger partial charge in [0.2, 0.25) is 5.91 Å². The minimum absolute atomic E-state index is 0.124. The molecule has 0 radical (unpaired) electrons. The summed E-state index contributed by atoms with van der Waals surface area (Å²) in [4.78, 5) is 26.0. The third-order valence-electron chi connectivity index (χ3n) is 4.97. The predicted octanol–water partition coefficient (Wildman–Crippen LogP) is 5.45. The number of hydrogen-bond donors (Lipinski definition) is 2. The van der Waals surface area contributed by atoms with E-state index in [1.165, 1.54) is 11.8 Å². The van der Waals surface area contributed by atoms with Crippen LogP contribution in [0.1, 0.15) is 34.8 Å². The van der Waals surface area contributed by atoms with Gasteiger partial charge in [0.25, 0.3) is 5.91 Å². The predicted molar refractivity (Wildman–Crippen MR) is 137 cm³/mol. The number of ether oxygens (including phenoxy) is 2. The molecule has 0 aliphatic heterocycles. The van der Waals surface area contributed by atoms with E-state index < -0.39 is 0 Å². The first-order chi connectivity index (χ1) is 16.5. The van der Waals surface area contributed by atoms with Crippen LogP contribution in [-0.4, -0.2) is 31.3 Å². The van der Waals surface area contributed by atoms with E-state index in [4.69, 9.17) is 9.47 Å². The van der Waals surface area contributed by atoms with Crippen molar-refractivity contribution in [3.8, 4) is 11.5 Å². The Kier molecular flexibility index (Phi) is 9.40. The van der Waals surface area contributed by atoms with Crippen LogP contribution in [0.4, 0.5) is 5.69 Å². The first-order valence-electron chi connectivity index (χ1n) is 11.2. The summed E-state index contributed by atoms with van der Waals surface area (Å²) < 4.78 is 11.1. The Balaban J connectivity index is 1.58. The summed E-state index contributed by atoms with van der Waals surface area (Å²) >= 11 is 1.33. The van der Waals surface area contributed by atoms with Crippen molar-refractivity contribution in [3.05, 3.63) is 83.4 Å². The van der Waals surface area contributed by atoms with Crippen molar-refractivity contribution in [1.82, 2.24) is 5.32 Å². The van der Waals surface area contributed by atoms with Crippen LogP contribution in [0, 0.1) is 6.92 Å². The first kappa shape index (κ1) is 25.2. The van der Waals surface area contributed by atoms with Crippen LogP contribution in [0.5, 0.6) is 11.5 Å². The van der Waals surface area contributed by atoms with Crippen molar-refractivity contribution < 1.29 is 19.1 Å². The monoisotopic (exact) mass is 478 g/mol. The Labute approximate surface area is 205 Å². The fraction of sp³-hybridized carbons (Fsp3) is 0.259. The maximum Gasteiger partial charge on any atom is 0.252 e. The zero-order valence-corrected chi connectivity index (χ0v) is 20.5. The van der Waals surface area contributed by atoms with Gasteiger partial charge in [0.05, 0.1) is 25.0 Å². The number of rotatable bonds is 11. The summed E-state index contributed by atoms with van der Waals surface area (Å²) in [5, 5.41) is 5.83. The van der Waals surface area contributed by atoms with Gasteiger partial charge in [0.1, 0.15) is 0 Å². The van der Waals surface area contributed by atoms with Gasteiger partial charge in [-0.25, -0.2) is 0 Å². The van der Waals surface area contributed by atoms with Crippen LogP contribution < -0.4 is 20.1 Å². The van der Waals surface area contributed by atoms with E-state index in [9.17, 15) is 9.59 Å². The second-order valence-corrected chi connectivity index (χ2v) is 8.73. The van der Waals surface area contributed by atoms with Crippen molar-refractivity contribution >= 4 is 29.3 Å². The van der Waals surface area contributed by atoms with Crippen LogP contribution in [0.3, 0.4) is 0 Å². The molecule has 0 aromatic heterocycles. The molecule has 6 nitrogen and oxygen atoms in total. The largest absolute Gasteiger partial charge is 0.493 e. The summed E-state index contributed by atoms with van der Waals surface area (Å²) in [6.07, 6.45) is 0.909. The molecule has 0 atom stereocenters. The number of amides is 2. The van der Waals surface area contributed by atoms with Crippen molar-refractivity contribution in [1.29, 1.82) is 0 Å². The van der Waals surface area contributed by atoms with Crippen LogP contribution >= 0.6 is 11.8 Å². The van der Waals surface area contributed by atoms with E-state index >= 15 is 0 Å². The van der Waals surface area contributed by atoms with Crippen molar-refractivity contribution in [2.75, 3.05) is 24.8 Å². The SMILES string of the molecule is CCCOc1ccc(CNC(=O)c2ccccc2SCC(=O)Nc2ccc(C)cc2)cc1OC. The summed E-state index contributed by atoms with van der Waals surface area (Å²) in [6.45, 7) is 5.00. The Morgan fingerprint density at radius 1 is 0.971 bits per heavy atom. The van der Waals surface area contributed by atoms with E-state index in [0.29, 0.717) is 30.2 Å². The average molecular weight is 479 g/mol. The molecule has 0 aliphatic carbocycles. The molecule has 0 unspecified atom stereocenters. The molecule has 0 aliphatic rings. The van der Waals surface area contributed by atoms with Crippen LogP contribution in [0.15, 0.2) is 71.6 Å². The highest BCUT2D eigenvalue weighted by Crippen LogP contribution is 2.28. The molecule has 3 aromatic carbocycles. The number of methoxy groups -OCH3 is 1. The third-order valence-corrected chi connectivity index (χ3v) is 6.04. The number of carbonyl (C=O) groups excluding carboxylic acids is 2. The molecule has 34 heavy (non-hydrogen) atoms. The molecule has 0 saturated heterocycles. The fourth-order valence-corrected chi connectivity index (χ4v) is 4.04. The van der Waals surface area contributed by atoms with E-state index in [0.717, 1.165) is 28.1 Å². The van der Waals surface area contributed by atoms with E-state index in [2.05, 4.69) is 10.6 Å². The minimum Gasteiger partial charge on any atom is -0.493 e. The maximum absolute atomic E-state index is 12.9. The quantitative estimate of drug-likeness (QED) is 0.358. The van der Waals surface area contributed by atoms with Crippen LogP contribution in [0.25, 0.3) is 0 Å². The van der Waals surface area contributed by atoms with Gasteiger partial charge in [-0.3, -0.25) is 9.59 Å². The number of aryl methyl sites for hydroxylation is 1. The van der Waals surface area contributed by atoms with Gasteiger partial charge in [-0.2, -0.15) is 0 Å². The summed E-state index contributed by atoms with van der Waals surface area (Å²) in [7, 11) is 1.60. The van der Waals surface area contributed by atoms with Gasteiger partial charge in [-0.1, -0.05) is 42.8 Å². The number of thioether (sulfide) groups is 1. The molecular weight excluding hydrogens is 448 g/mol. The Hall–Kier alpha value is -3.45. The van der Waals surface area contributed by atoms with Gasteiger partial charge in [-0.05, 0) is 55.3 Å². The number of hydrogen-bond acceptors (Lipinski definition) is 5. The van der Waals surface area contributed by atoms with Crippen LogP contribution in [0.2, 0.25) is 0 Å². The third kappa shape index (κ3) is 7.28. The smallest absolute Gasteiger partial charge is 0.252 e. The molecule has 0 fully saturated rings. The second kappa shape index (κ2) is 12.7. The molecule has 7 heteroatoms. The van der Waals surface area contributed by atoms with Gasteiger partial charge in [0.15, 0.2) is 11.5 Å². The number of benzene rings is 3. The zero-order chi connectivity index (χ0) is 24.3. The summed E-state index contributed by atoms with van der Waals surface area (Å²) in [5.41, 5.74) is 3.32. The molecule has 2 N–H and O–H groups in total. The number of anilines is 1. The van der Waals surface area contributed by atoms with E-state index in [1.807, 2.05) is 74.5 Å². The Bertz CT molecular complexity index is 1120. The lowest BCUT2D eigenvalue weighted by atomic mass is 10.1. The topological polar surface area (TPSA) is 76.7 Å². The van der Waals surface area contributed by atoms with Gasteiger partial charge in [-0.15, -0.1) is 11.8 Å². The highest BCUT2D eigenvalue weighted by atomic mass is 32.2. The molecule has 178 valence electrons. The lowest BCUT2D eigenvalue weighted by Crippen LogP contribution is -2.23. The molecule has 3 aromatic rings. The lowest BCUT2D eigenvalue weighted by molar-refractivity contribution is -0.113. The van der Waals surface area contributed by atoms with Gasteiger partial charge >= 0.3 is 0 Å². The van der Waals surface area contributed by atoms with E-state index in [1.54, 1.807) is 13.2 Å². The average Bonchev–Trinajstić information content (AvgIpc) is 2.86. The Morgan fingerprint density at radius 3 is 2.47 bits per heavy atom. The van der Waals surface area contributed by atoms with Crippen LogP contribution in [-0.2, 0) is 11.3 Å². The molecule has 0 bridgehead atoms. The molecule has 0 heterocycles. The summed E-state index contributed by atoms with van der Waals surface area (Å²) in [5.74, 6) is 1.20. The van der Waals surface area contributed by atoms with Crippen molar-refractivity contribution in [2.45, 2.75) is 31.7 Å². The summed E-state index contributed by atoms with van der Waals surface area (Å²) in [6, 6.07) is 20.5. The standard InChI is InChI=1S/C27H30N2O4S/c1-4-15-33-23-14-11-20(16-24(23)32-3)17-28-27(31)22-7-5-6-8-25(22)34-18-26(30)29-21-12-9-19(2)10-13-21/h5-14,16H,4,15,17-18H2,1-3H3,(H,28,31)(H,29,30). The zero-order valence-electron chi connectivity index (χ0n) is 19.7. The maximum atomic E-state index is 12.9. The fourth-order valence-electron chi connectivity index (χ4n) is 3.19. The number of carbonyl (C=O) groups is 2.